The van der Waals surface area contributed by atoms with Crippen LogP contribution < -0.4 is 14.8 Å². The van der Waals surface area contributed by atoms with Gasteiger partial charge < -0.3 is 19.9 Å². The molecule has 2 N–H and O–H groups in total. The van der Waals surface area contributed by atoms with Gasteiger partial charge in [-0.2, -0.15) is 13.2 Å². The number of unbranched alkanes of at least 4 members (excludes halogenated alkanes) is 1. The minimum absolute atomic E-state index is 0.0342. The van der Waals surface area contributed by atoms with Crippen LogP contribution in [-0.4, -0.2) is 42.9 Å². The van der Waals surface area contributed by atoms with E-state index in [1.165, 1.54) is 25.3 Å². The quantitative estimate of drug-likeness (QED) is 0.659. The molecule has 0 heterocycles. The van der Waals surface area contributed by atoms with Crippen molar-refractivity contribution >= 4 is 11.9 Å². The summed E-state index contributed by atoms with van der Waals surface area (Å²) in [4.78, 5) is 23.0. The second-order valence-electron chi connectivity index (χ2n) is 5.25. The minimum Gasteiger partial charge on any atom is -0.493 e. The fourth-order valence-electron chi connectivity index (χ4n) is 1.93. The number of methoxy groups -OCH3 is 1. The van der Waals surface area contributed by atoms with Gasteiger partial charge in [0.15, 0.2) is 11.5 Å². The van der Waals surface area contributed by atoms with Gasteiger partial charge in [-0.1, -0.05) is 13.3 Å². The van der Waals surface area contributed by atoms with Crippen molar-refractivity contribution < 1.29 is 37.3 Å². The van der Waals surface area contributed by atoms with Gasteiger partial charge in [0, 0.05) is 5.56 Å². The Morgan fingerprint density at radius 2 is 1.96 bits per heavy atom. The van der Waals surface area contributed by atoms with Gasteiger partial charge in [0.25, 0.3) is 5.91 Å². The average molecular weight is 363 g/mol. The zero-order valence-corrected chi connectivity index (χ0v) is 13.9. The van der Waals surface area contributed by atoms with E-state index in [1.54, 1.807) is 0 Å². The van der Waals surface area contributed by atoms with Crippen molar-refractivity contribution in [3.05, 3.63) is 23.8 Å². The molecule has 1 aromatic rings. The molecule has 0 aliphatic rings. The molecule has 1 unspecified atom stereocenters. The predicted molar refractivity (Wildman–Crippen MR) is 83.0 cm³/mol. The van der Waals surface area contributed by atoms with Crippen molar-refractivity contribution in [1.29, 1.82) is 0 Å². The number of carboxylic acids is 1. The van der Waals surface area contributed by atoms with E-state index in [9.17, 15) is 22.8 Å². The molecule has 0 fully saturated rings. The van der Waals surface area contributed by atoms with Crippen LogP contribution in [0.4, 0.5) is 13.2 Å². The first-order valence-corrected chi connectivity index (χ1v) is 7.59. The first-order valence-electron chi connectivity index (χ1n) is 7.59. The van der Waals surface area contributed by atoms with E-state index in [4.69, 9.17) is 14.6 Å². The van der Waals surface area contributed by atoms with Crippen molar-refractivity contribution in [1.82, 2.24) is 5.32 Å². The molecule has 0 bridgehead atoms. The Hall–Kier alpha value is -2.45. The second-order valence-corrected chi connectivity index (χ2v) is 5.25. The molecule has 6 nitrogen and oxygen atoms in total. The first-order chi connectivity index (χ1) is 11.7. The number of carboxylic acid groups (broad SMARTS) is 1. The zero-order chi connectivity index (χ0) is 19.0. The van der Waals surface area contributed by atoms with Gasteiger partial charge in [-0.05, 0) is 24.6 Å². The van der Waals surface area contributed by atoms with E-state index in [0.717, 1.165) is 12.8 Å². The van der Waals surface area contributed by atoms with E-state index >= 15 is 0 Å². The lowest BCUT2D eigenvalue weighted by molar-refractivity contribution is -0.157. The standard InChI is InChI=1S/C16H20F3NO5/c1-3-4-7-25-12-6-5-10(8-13(12)24-2)14(21)20-11(15(22)23)9-16(17,18)19/h5-6,8,11H,3-4,7,9H2,1-2H3,(H,20,21)(H,22,23). The largest absolute Gasteiger partial charge is 0.493 e. The van der Waals surface area contributed by atoms with E-state index in [1.807, 2.05) is 12.2 Å². The van der Waals surface area contributed by atoms with Gasteiger partial charge in [-0.25, -0.2) is 4.79 Å². The fraction of sp³-hybridized carbons (Fsp3) is 0.500. The van der Waals surface area contributed by atoms with Crippen LogP contribution in [-0.2, 0) is 4.79 Å². The maximum atomic E-state index is 12.4. The van der Waals surface area contributed by atoms with E-state index in [2.05, 4.69) is 0 Å². The van der Waals surface area contributed by atoms with Crippen LogP contribution in [0.1, 0.15) is 36.5 Å². The molecule has 0 radical (unpaired) electrons. The first kappa shape index (κ1) is 20.6. The Kier molecular flexibility index (Phi) is 7.53. The van der Waals surface area contributed by atoms with Crippen molar-refractivity contribution in [2.45, 2.75) is 38.4 Å². The Balaban J connectivity index is 2.88. The molecule has 0 spiro atoms. The summed E-state index contributed by atoms with van der Waals surface area (Å²) in [5, 5.41) is 10.7. The third-order valence-electron chi connectivity index (χ3n) is 3.22. The number of carbonyl (C=O) groups excluding carboxylic acids is 1. The molecule has 1 atom stereocenters. The number of benzene rings is 1. The monoisotopic (exact) mass is 363 g/mol. The number of hydrogen-bond acceptors (Lipinski definition) is 4. The molecule has 0 aliphatic carbocycles. The van der Waals surface area contributed by atoms with Crippen LogP contribution in [0.15, 0.2) is 18.2 Å². The molecular weight excluding hydrogens is 343 g/mol. The molecule has 1 rings (SSSR count). The predicted octanol–water partition coefficient (Wildman–Crippen LogP) is 3.01. The molecular formula is C16H20F3NO5. The van der Waals surface area contributed by atoms with Crippen LogP contribution >= 0.6 is 0 Å². The summed E-state index contributed by atoms with van der Waals surface area (Å²) in [5.74, 6) is -2.10. The van der Waals surface area contributed by atoms with Crippen LogP contribution in [0, 0.1) is 0 Å². The van der Waals surface area contributed by atoms with Gasteiger partial charge >= 0.3 is 12.1 Å². The number of aliphatic carboxylic acids is 1. The maximum absolute atomic E-state index is 12.4. The lowest BCUT2D eigenvalue weighted by Crippen LogP contribution is -2.43. The molecule has 1 aromatic carbocycles. The number of hydrogen-bond donors (Lipinski definition) is 2. The summed E-state index contributed by atoms with van der Waals surface area (Å²) in [7, 11) is 1.35. The zero-order valence-electron chi connectivity index (χ0n) is 13.9. The average Bonchev–Trinajstić information content (AvgIpc) is 2.53. The van der Waals surface area contributed by atoms with Crippen molar-refractivity contribution in [2.75, 3.05) is 13.7 Å². The summed E-state index contributed by atoms with van der Waals surface area (Å²) in [6, 6.07) is 1.98. The number of halogens is 3. The molecule has 140 valence electrons. The highest BCUT2D eigenvalue weighted by atomic mass is 19.4. The smallest absolute Gasteiger partial charge is 0.391 e. The number of alkyl halides is 3. The SMILES string of the molecule is CCCCOc1ccc(C(=O)NC(CC(F)(F)F)C(=O)O)cc1OC. The van der Waals surface area contributed by atoms with Crippen molar-refractivity contribution in [2.24, 2.45) is 0 Å². The molecule has 0 aromatic heterocycles. The van der Waals surface area contributed by atoms with Crippen molar-refractivity contribution in [3.63, 3.8) is 0 Å². The summed E-state index contributed by atoms with van der Waals surface area (Å²) < 4.78 is 47.7. The number of nitrogens with one attached hydrogen (secondary N) is 1. The summed E-state index contributed by atoms with van der Waals surface area (Å²) >= 11 is 0. The number of amides is 1. The van der Waals surface area contributed by atoms with Crippen LogP contribution in [0.5, 0.6) is 11.5 Å². The van der Waals surface area contributed by atoms with Gasteiger partial charge in [0.2, 0.25) is 0 Å². The highest BCUT2D eigenvalue weighted by Crippen LogP contribution is 2.28. The highest BCUT2D eigenvalue weighted by molar-refractivity contribution is 5.97. The topological polar surface area (TPSA) is 84.9 Å². The Bertz CT molecular complexity index is 604. The van der Waals surface area contributed by atoms with Gasteiger partial charge in [-0.3, -0.25) is 4.79 Å². The Morgan fingerprint density at radius 1 is 1.28 bits per heavy atom. The minimum atomic E-state index is -4.72. The molecule has 9 heteroatoms. The van der Waals surface area contributed by atoms with Gasteiger partial charge in [0.05, 0.1) is 20.1 Å². The Labute approximate surface area is 142 Å². The number of rotatable bonds is 9. The molecule has 1 amide bonds. The normalized spacial score (nSPS) is 12.4. The summed E-state index contributed by atoms with van der Waals surface area (Å²) in [5.41, 5.74) is -0.0342. The third-order valence-corrected chi connectivity index (χ3v) is 3.22. The van der Waals surface area contributed by atoms with E-state index < -0.39 is 30.5 Å². The number of ether oxygens (including phenoxy) is 2. The summed E-state index contributed by atoms with van der Waals surface area (Å²) in [6.45, 7) is 2.44. The van der Waals surface area contributed by atoms with Gasteiger partial charge in [-0.15, -0.1) is 0 Å². The lowest BCUT2D eigenvalue weighted by atomic mass is 10.1. The molecule has 0 aliphatic heterocycles. The lowest BCUT2D eigenvalue weighted by Gasteiger charge is -2.17. The van der Waals surface area contributed by atoms with Crippen LogP contribution in [0.25, 0.3) is 0 Å². The molecule has 25 heavy (non-hydrogen) atoms. The highest BCUT2D eigenvalue weighted by Gasteiger charge is 2.36. The van der Waals surface area contributed by atoms with Crippen LogP contribution in [0.2, 0.25) is 0 Å². The van der Waals surface area contributed by atoms with E-state index in [0.29, 0.717) is 12.4 Å². The van der Waals surface area contributed by atoms with Crippen molar-refractivity contribution in [3.8, 4) is 11.5 Å². The number of carbonyl (C=O) groups is 2. The third kappa shape index (κ3) is 6.90. The molecule has 0 saturated heterocycles. The second kappa shape index (κ2) is 9.14. The van der Waals surface area contributed by atoms with Gasteiger partial charge in [0.1, 0.15) is 6.04 Å². The molecule has 0 saturated carbocycles. The van der Waals surface area contributed by atoms with Crippen LogP contribution in [0.3, 0.4) is 0 Å². The maximum Gasteiger partial charge on any atom is 0.391 e. The fourth-order valence-corrected chi connectivity index (χ4v) is 1.93. The summed E-state index contributed by atoms with van der Waals surface area (Å²) in [6.07, 6.45) is -4.63. The van der Waals surface area contributed by atoms with E-state index in [-0.39, 0.29) is 11.3 Å². The Morgan fingerprint density at radius 3 is 2.48 bits per heavy atom.